The minimum absolute atomic E-state index is 0.252. The molecule has 3 aromatic carbocycles. The highest BCUT2D eigenvalue weighted by molar-refractivity contribution is 7.21. The number of benzene rings is 3. The molecule has 0 unspecified atom stereocenters. The number of pyridine rings is 1. The molecule has 2 N–H and O–H groups in total. The fourth-order valence-electron chi connectivity index (χ4n) is 4.08. The van der Waals surface area contributed by atoms with Gasteiger partial charge in [-0.25, -0.2) is 4.98 Å². The minimum atomic E-state index is -0.638. The summed E-state index contributed by atoms with van der Waals surface area (Å²) in [5.74, 6) is -0.937. The number of hydrogen-bond donors (Lipinski definition) is 2. The number of para-hydroxylation sites is 1. The van der Waals surface area contributed by atoms with Crippen molar-refractivity contribution in [3.8, 4) is 16.3 Å². The van der Waals surface area contributed by atoms with Gasteiger partial charge in [0.25, 0.3) is 11.5 Å². The van der Waals surface area contributed by atoms with Gasteiger partial charge in [0, 0.05) is 23.2 Å². The van der Waals surface area contributed by atoms with E-state index in [1.807, 2.05) is 31.2 Å². The zero-order valence-electron chi connectivity index (χ0n) is 18.8. The third-order valence-electron chi connectivity index (χ3n) is 5.75. The predicted molar refractivity (Wildman–Crippen MR) is 138 cm³/mol. The molecule has 2 heterocycles. The molecule has 0 saturated carbocycles. The number of fused-ring (bicyclic) bond motifs is 2. The number of nitrogens with zero attached hydrogens (tertiary/aromatic N) is 2. The topological polar surface area (TPSA) is 84.2 Å². The fourth-order valence-corrected chi connectivity index (χ4v) is 5.15. The van der Waals surface area contributed by atoms with E-state index in [9.17, 15) is 14.7 Å². The number of aromatic nitrogens is 2. The number of aryl methyl sites for hydroxylation is 2. The second-order valence-electron chi connectivity index (χ2n) is 8.22. The molecule has 0 fully saturated rings. The van der Waals surface area contributed by atoms with Gasteiger partial charge in [0.2, 0.25) is 0 Å². The summed E-state index contributed by atoms with van der Waals surface area (Å²) in [6, 6.07) is 20.5. The molecule has 2 aromatic heterocycles. The molecule has 0 spiro atoms. The average molecular weight is 470 g/mol. The molecule has 5 rings (SSSR count). The molecule has 6 nitrogen and oxygen atoms in total. The fraction of sp³-hybridized carbons (Fsp3) is 0.148. The first-order chi connectivity index (χ1) is 16.5. The summed E-state index contributed by atoms with van der Waals surface area (Å²) in [5.41, 5.74) is 3.47. The minimum Gasteiger partial charge on any atom is -0.506 e. The van der Waals surface area contributed by atoms with Crippen molar-refractivity contribution in [3.63, 3.8) is 0 Å². The number of aromatic hydroxyl groups is 1. The quantitative estimate of drug-likeness (QED) is 0.333. The Hall–Kier alpha value is -3.97. The number of thiazole rings is 1. The molecule has 0 radical (unpaired) electrons. The number of carbonyl (C=O) groups excluding carboxylic acids is 1. The summed E-state index contributed by atoms with van der Waals surface area (Å²) in [6.07, 6.45) is 0.725. The van der Waals surface area contributed by atoms with Gasteiger partial charge in [0.1, 0.15) is 16.3 Å². The summed E-state index contributed by atoms with van der Waals surface area (Å²) in [4.78, 5) is 30.9. The number of anilines is 1. The van der Waals surface area contributed by atoms with E-state index in [1.54, 1.807) is 52.3 Å². The molecular weight excluding hydrogens is 446 g/mol. The molecule has 7 heteroatoms. The van der Waals surface area contributed by atoms with Gasteiger partial charge in [-0.15, -0.1) is 11.3 Å². The highest BCUT2D eigenvalue weighted by Crippen LogP contribution is 2.32. The van der Waals surface area contributed by atoms with E-state index < -0.39 is 11.5 Å². The lowest BCUT2D eigenvalue weighted by molar-refractivity contribution is 0.102. The van der Waals surface area contributed by atoms with Gasteiger partial charge in [-0.05, 0) is 67.4 Å². The van der Waals surface area contributed by atoms with Crippen LogP contribution in [0.15, 0.2) is 71.5 Å². The van der Waals surface area contributed by atoms with Crippen molar-refractivity contribution >= 4 is 44.1 Å². The number of carbonyl (C=O) groups is 1. The third kappa shape index (κ3) is 3.84. The molecule has 0 atom stereocenters. The first-order valence-corrected chi connectivity index (χ1v) is 11.9. The van der Waals surface area contributed by atoms with E-state index in [1.165, 1.54) is 5.56 Å². The van der Waals surface area contributed by atoms with Crippen molar-refractivity contribution < 1.29 is 9.90 Å². The molecule has 5 aromatic rings. The van der Waals surface area contributed by atoms with Crippen LogP contribution >= 0.6 is 11.3 Å². The summed E-state index contributed by atoms with van der Waals surface area (Å²) in [5, 5.41) is 14.9. The first kappa shape index (κ1) is 21.9. The van der Waals surface area contributed by atoms with E-state index in [0.29, 0.717) is 23.1 Å². The molecule has 34 heavy (non-hydrogen) atoms. The number of rotatable bonds is 5. The zero-order valence-corrected chi connectivity index (χ0v) is 19.6. The Kier molecular flexibility index (Phi) is 5.63. The number of amides is 1. The van der Waals surface area contributed by atoms with Gasteiger partial charge in [-0.3, -0.25) is 9.59 Å². The highest BCUT2D eigenvalue weighted by atomic mass is 32.1. The Morgan fingerprint density at radius 1 is 1.09 bits per heavy atom. The maximum Gasteiger partial charge on any atom is 0.267 e. The van der Waals surface area contributed by atoms with Crippen molar-refractivity contribution in [2.24, 2.45) is 0 Å². The largest absolute Gasteiger partial charge is 0.506 e. The van der Waals surface area contributed by atoms with Crippen LogP contribution in [0.3, 0.4) is 0 Å². The van der Waals surface area contributed by atoms with Crippen LogP contribution in [0, 0.1) is 6.92 Å². The van der Waals surface area contributed by atoms with Gasteiger partial charge in [-0.1, -0.05) is 25.1 Å². The van der Waals surface area contributed by atoms with Crippen molar-refractivity contribution in [1.29, 1.82) is 0 Å². The Morgan fingerprint density at radius 2 is 1.85 bits per heavy atom. The van der Waals surface area contributed by atoms with E-state index >= 15 is 0 Å². The molecule has 1 amide bonds. The Morgan fingerprint density at radius 3 is 2.62 bits per heavy atom. The average Bonchev–Trinajstić information content (AvgIpc) is 3.25. The van der Waals surface area contributed by atoms with Crippen molar-refractivity contribution in [1.82, 2.24) is 9.55 Å². The lowest BCUT2D eigenvalue weighted by Crippen LogP contribution is -2.29. The molecule has 0 aliphatic rings. The van der Waals surface area contributed by atoms with Crippen LogP contribution in [0.2, 0.25) is 0 Å². The Balaban J connectivity index is 1.46. The van der Waals surface area contributed by atoms with Gasteiger partial charge in [0.15, 0.2) is 0 Å². The van der Waals surface area contributed by atoms with Crippen molar-refractivity contribution in [2.75, 3.05) is 5.32 Å². The Bertz CT molecular complexity index is 1600. The SMILES string of the molecule is CCCn1c(=O)c(C(=O)Nc2ccc(-c3nc4ccc(C)cc4s3)cc2)c(O)c2ccccc21. The zero-order chi connectivity index (χ0) is 23.8. The van der Waals surface area contributed by atoms with Crippen LogP contribution < -0.4 is 10.9 Å². The van der Waals surface area contributed by atoms with Gasteiger partial charge < -0.3 is 15.0 Å². The maximum atomic E-state index is 13.1. The lowest BCUT2D eigenvalue weighted by atomic mass is 10.1. The van der Waals surface area contributed by atoms with Crippen molar-refractivity contribution in [3.05, 3.63) is 88.2 Å². The monoisotopic (exact) mass is 469 g/mol. The van der Waals surface area contributed by atoms with E-state index in [4.69, 9.17) is 4.98 Å². The first-order valence-electron chi connectivity index (χ1n) is 11.1. The predicted octanol–water partition coefficient (Wildman–Crippen LogP) is 5.95. The summed E-state index contributed by atoms with van der Waals surface area (Å²) < 4.78 is 2.67. The van der Waals surface area contributed by atoms with E-state index in [-0.39, 0.29) is 11.3 Å². The molecule has 0 bridgehead atoms. The van der Waals surface area contributed by atoms with Crippen LogP contribution in [0.5, 0.6) is 5.75 Å². The van der Waals surface area contributed by atoms with Crippen molar-refractivity contribution in [2.45, 2.75) is 26.8 Å². The van der Waals surface area contributed by atoms with Crippen LogP contribution in [-0.4, -0.2) is 20.6 Å². The van der Waals surface area contributed by atoms with Gasteiger partial charge >= 0.3 is 0 Å². The normalized spacial score (nSPS) is 11.2. The molecular formula is C27H23N3O3S. The summed E-state index contributed by atoms with van der Waals surface area (Å²) >= 11 is 1.62. The summed E-state index contributed by atoms with van der Waals surface area (Å²) in [7, 11) is 0. The van der Waals surface area contributed by atoms with E-state index in [2.05, 4.69) is 18.3 Å². The molecule has 0 aliphatic heterocycles. The maximum absolute atomic E-state index is 13.1. The molecule has 0 saturated heterocycles. The Labute approximate surface area is 200 Å². The molecule has 170 valence electrons. The van der Waals surface area contributed by atoms with Gasteiger partial charge in [-0.2, -0.15) is 0 Å². The second kappa shape index (κ2) is 8.76. The number of hydrogen-bond acceptors (Lipinski definition) is 5. The third-order valence-corrected chi connectivity index (χ3v) is 6.82. The summed E-state index contributed by atoms with van der Waals surface area (Å²) in [6.45, 7) is 4.47. The second-order valence-corrected chi connectivity index (χ2v) is 9.25. The van der Waals surface area contributed by atoms with Crippen LogP contribution in [0.25, 0.3) is 31.7 Å². The highest BCUT2D eigenvalue weighted by Gasteiger charge is 2.22. The molecule has 0 aliphatic carbocycles. The lowest BCUT2D eigenvalue weighted by Gasteiger charge is -2.14. The van der Waals surface area contributed by atoms with E-state index in [0.717, 1.165) is 27.2 Å². The van der Waals surface area contributed by atoms with Crippen LogP contribution in [-0.2, 0) is 6.54 Å². The standard InChI is InChI=1S/C27H23N3O3S/c1-3-14-30-21-7-5-4-6-19(21)24(31)23(27(30)33)25(32)28-18-11-9-17(10-12-18)26-29-20-13-8-16(2)15-22(20)34-26/h4-13,15,31H,3,14H2,1-2H3,(H,28,32). The number of nitrogens with one attached hydrogen (secondary N) is 1. The van der Waals surface area contributed by atoms with Crippen LogP contribution in [0.4, 0.5) is 5.69 Å². The smallest absolute Gasteiger partial charge is 0.267 e. The van der Waals surface area contributed by atoms with Crippen LogP contribution in [0.1, 0.15) is 29.3 Å². The van der Waals surface area contributed by atoms with Gasteiger partial charge in [0.05, 0.1) is 15.7 Å².